The maximum atomic E-state index is 12.6. The molecule has 7 nitrogen and oxygen atoms in total. The van der Waals surface area contributed by atoms with Crippen LogP contribution in [0.1, 0.15) is 5.56 Å². The summed E-state index contributed by atoms with van der Waals surface area (Å²) in [5.74, 6) is -1.75. The van der Waals surface area contributed by atoms with E-state index in [-0.39, 0.29) is 23.4 Å². The Labute approximate surface area is 159 Å². The first-order valence-electron chi connectivity index (χ1n) is 7.99. The van der Waals surface area contributed by atoms with Crippen LogP contribution in [0.15, 0.2) is 50.3 Å². The molecule has 0 fully saturated rings. The summed E-state index contributed by atoms with van der Waals surface area (Å²) in [5, 5.41) is 1.74. The first kappa shape index (κ1) is 21.5. The van der Waals surface area contributed by atoms with Crippen molar-refractivity contribution < 1.29 is 30.8 Å². The van der Waals surface area contributed by atoms with Gasteiger partial charge >= 0.3 is 12.1 Å². The zero-order chi connectivity index (χ0) is 20.9. The Balaban J connectivity index is 2.32. The molecule has 1 aromatic heterocycles. The molecule has 0 saturated carbocycles. The molecule has 1 N–H and O–H groups in total. The number of alkyl halides is 3. The largest absolute Gasteiger partial charge is 0.471 e. The van der Waals surface area contributed by atoms with Crippen molar-refractivity contribution >= 4 is 22.3 Å². The third kappa shape index (κ3) is 5.59. The minimum absolute atomic E-state index is 0.000168. The monoisotopic (exact) mass is 417 g/mol. The van der Waals surface area contributed by atoms with E-state index in [1.165, 1.54) is 23.3 Å². The fourth-order valence-corrected chi connectivity index (χ4v) is 3.38. The summed E-state index contributed by atoms with van der Waals surface area (Å²) in [5.41, 5.74) is 0.681. The average molecular weight is 417 g/mol. The van der Waals surface area contributed by atoms with Crippen LogP contribution in [0.2, 0.25) is 0 Å². The van der Waals surface area contributed by atoms with Gasteiger partial charge in [-0.3, -0.25) is 4.79 Å². The minimum atomic E-state index is -4.97. The molecule has 28 heavy (non-hydrogen) atoms. The fraction of sp³-hybridized carbons (Fsp3) is 0.294. The SMILES string of the molecule is CN(C)C=NS(=O)(=O)c1cc(CCNC(=O)C(F)(F)F)ccc1-c1ccco1. The molecule has 1 heterocycles. The second-order valence-electron chi connectivity index (χ2n) is 5.97. The molecule has 0 aliphatic rings. The molecule has 0 radical (unpaired) electrons. The number of benzene rings is 1. The van der Waals surface area contributed by atoms with Crippen LogP contribution in [0, 0.1) is 0 Å². The highest BCUT2D eigenvalue weighted by atomic mass is 32.2. The predicted molar refractivity (Wildman–Crippen MR) is 96.3 cm³/mol. The molecule has 11 heteroatoms. The van der Waals surface area contributed by atoms with Crippen molar-refractivity contribution in [1.29, 1.82) is 0 Å². The van der Waals surface area contributed by atoms with Gasteiger partial charge in [-0.2, -0.15) is 21.6 Å². The van der Waals surface area contributed by atoms with Gasteiger partial charge in [0.15, 0.2) is 0 Å². The van der Waals surface area contributed by atoms with Gasteiger partial charge in [0.2, 0.25) is 0 Å². The van der Waals surface area contributed by atoms with Gasteiger partial charge in [0, 0.05) is 26.2 Å². The summed E-state index contributed by atoms with van der Waals surface area (Å²) >= 11 is 0. The topological polar surface area (TPSA) is 92.0 Å². The van der Waals surface area contributed by atoms with E-state index in [2.05, 4.69) is 4.40 Å². The molecule has 2 rings (SSSR count). The zero-order valence-electron chi connectivity index (χ0n) is 15.0. The Bertz CT molecular complexity index is 953. The van der Waals surface area contributed by atoms with Crippen molar-refractivity contribution in [3.05, 3.63) is 42.2 Å². The van der Waals surface area contributed by atoms with Crippen molar-refractivity contribution in [3.8, 4) is 11.3 Å². The highest BCUT2D eigenvalue weighted by Crippen LogP contribution is 2.30. The Morgan fingerprint density at radius 1 is 1.29 bits per heavy atom. The highest BCUT2D eigenvalue weighted by Gasteiger charge is 2.38. The molecule has 1 amide bonds. The van der Waals surface area contributed by atoms with E-state index < -0.39 is 22.1 Å². The first-order chi connectivity index (χ1) is 13.0. The second kappa shape index (κ2) is 8.46. The van der Waals surface area contributed by atoms with Crippen molar-refractivity contribution in [2.75, 3.05) is 20.6 Å². The van der Waals surface area contributed by atoms with Gasteiger partial charge in [-0.1, -0.05) is 6.07 Å². The number of halogens is 3. The van der Waals surface area contributed by atoms with E-state index in [0.29, 0.717) is 11.3 Å². The van der Waals surface area contributed by atoms with Crippen LogP contribution in [0.3, 0.4) is 0 Å². The number of hydrogen-bond acceptors (Lipinski definition) is 4. The van der Waals surface area contributed by atoms with Gasteiger partial charge in [0.25, 0.3) is 10.0 Å². The Morgan fingerprint density at radius 2 is 2.00 bits per heavy atom. The van der Waals surface area contributed by atoms with Gasteiger partial charge in [0.1, 0.15) is 17.0 Å². The quantitative estimate of drug-likeness (QED) is 0.552. The van der Waals surface area contributed by atoms with Gasteiger partial charge in [-0.25, -0.2) is 0 Å². The summed E-state index contributed by atoms with van der Waals surface area (Å²) in [6.07, 6.45) is -2.47. The lowest BCUT2D eigenvalue weighted by molar-refractivity contribution is -0.173. The molecule has 2 aromatic rings. The van der Waals surface area contributed by atoms with E-state index >= 15 is 0 Å². The molecule has 0 atom stereocenters. The maximum absolute atomic E-state index is 12.6. The second-order valence-corrected chi connectivity index (χ2v) is 7.57. The van der Waals surface area contributed by atoms with Gasteiger partial charge in [-0.15, -0.1) is 4.40 Å². The highest BCUT2D eigenvalue weighted by molar-refractivity contribution is 7.90. The number of sulfonamides is 1. The Hall–Kier alpha value is -2.82. The van der Waals surface area contributed by atoms with Gasteiger partial charge < -0.3 is 14.6 Å². The maximum Gasteiger partial charge on any atom is 0.471 e. The van der Waals surface area contributed by atoms with Crippen molar-refractivity contribution in [1.82, 2.24) is 10.2 Å². The molecule has 0 unspecified atom stereocenters. The van der Waals surface area contributed by atoms with Crippen LogP contribution in [0.25, 0.3) is 11.3 Å². The third-order valence-corrected chi connectivity index (χ3v) is 4.75. The molecule has 0 spiro atoms. The van der Waals surface area contributed by atoms with Gasteiger partial charge in [-0.05, 0) is 36.2 Å². The zero-order valence-corrected chi connectivity index (χ0v) is 15.8. The summed E-state index contributed by atoms with van der Waals surface area (Å²) in [7, 11) is -0.892. The molecular weight excluding hydrogens is 399 g/mol. The Morgan fingerprint density at radius 3 is 2.57 bits per heavy atom. The molecular formula is C17H18F3N3O4S. The molecule has 0 saturated heterocycles. The Kier molecular flexibility index (Phi) is 6.49. The normalized spacial score (nSPS) is 12.3. The van der Waals surface area contributed by atoms with Crippen molar-refractivity contribution in [2.45, 2.75) is 17.5 Å². The summed E-state index contributed by atoms with van der Waals surface area (Å²) in [6, 6.07) is 7.51. The predicted octanol–water partition coefficient (Wildman–Crippen LogP) is 2.45. The number of nitrogens with zero attached hydrogens (tertiary/aromatic N) is 2. The van der Waals surface area contributed by atoms with E-state index in [0.717, 1.165) is 6.34 Å². The molecule has 152 valence electrons. The van der Waals surface area contributed by atoms with Crippen LogP contribution >= 0.6 is 0 Å². The average Bonchev–Trinajstić information content (AvgIpc) is 3.13. The van der Waals surface area contributed by atoms with Crippen LogP contribution in [-0.2, 0) is 21.2 Å². The summed E-state index contributed by atoms with van der Waals surface area (Å²) < 4.78 is 70.8. The number of carbonyl (C=O) groups excluding carboxylic acids is 1. The van der Waals surface area contributed by atoms with E-state index in [4.69, 9.17) is 4.42 Å². The molecule has 0 bridgehead atoms. The van der Waals surface area contributed by atoms with Crippen LogP contribution in [0.5, 0.6) is 0 Å². The third-order valence-electron chi connectivity index (χ3n) is 3.48. The number of furan rings is 1. The molecule has 0 aliphatic carbocycles. The summed E-state index contributed by atoms with van der Waals surface area (Å²) in [4.78, 5) is 12.2. The molecule has 1 aromatic carbocycles. The van der Waals surface area contributed by atoms with E-state index in [1.807, 2.05) is 0 Å². The van der Waals surface area contributed by atoms with E-state index in [9.17, 15) is 26.4 Å². The standard InChI is InChI=1S/C17H18F3N3O4S/c1-23(2)11-22-28(25,26)15-10-12(7-8-21-16(24)17(18,19)20)5-6-13(15)14-4-3-9-27-14/h3-6,9-11H,7-8H2,1-2H3,(H,21,24). The van der Waals surface area contributed by atoms with Crippen LogP contribution < -0.4 is 5.32 Å². The van der Waals surface area contributed by atoms with Gasteiger partial charge in [0.05, 0.1) is 6.26 Å². The molecule has 0 aliphatic heterocycles. The summed E-state index contributed by atoms with van der Waals surface area (Å²) in [6.45, 7) is -0.307. The van der Waals surface area contributed by atoms with Crippen LogP contribution in [-0.4, -0.2) is 52.4 Å². The smallest absolute Gasteiger partial charge is 0.464 e. The first-order valence-corrected chi connectivity index (χ1v) is 9.43. The number of amides is 1. The van der Waals surface area contributed by atoms with Crippen LogP contribution in [0.4, 0.5) is 13.2 Å². The van der Waals surface area contributed by atoms with E-state index in [1.54, 1.807) is 37.6 Å². The van der Waals surface area contributed by atoms with Crippen molar-refractivity contribution in [2.24, 2.45) is 4.40 Å². The van der Waals surface area contributed by atoms with Crippen molar-refractivity contribution in [3.63, 3.8) is 0 Å². The lowest BCUT2D eigenvalue weighted by atomic mass is 10.1. The number of nitrogens with one attached hydrogen (secondary N) is 1. The fourth-order valence-electron chi connectivity index (χ4n) is 2.20. The number of carbonyl (C=O) groups is 1. The lowest BCUT2D eigenvalue weighted by Gasteiger charge is -2.11. The number of rotatable bonds is 7. The minimum Gasteiger partial charge on any atom is -0.464 e. The number of hydrogen-bond donors (Lipinski definition) is 1. The lowest BCUT2D eigenvalue weighted by Crippen LogP contribution is -2.37.